The van der Waals surface area contributed by atoms with Crippen LogP contribution in [0, 0.1) is 0 Å². The van der Waals surface area contributed by atoms with E-state index < -0.39 is 5.97 Å². The molecule has 172 valence electrons. The Kier molecular flexibility index (Phi) is 8.04. The van der Waals surface area contributed by atoms with Crippen molar-refractivity contribution in [3.63, 3.8) is 0 Å². The third kappa shape index (κ3) is 5.89. The summed E-state index contributed by atoms with van der Waals surface area (Å²) < 4.78 is 21.2. The first-order chi connectivity index (χ1) is 16.0. The van der Waals surface area contributed by atoms with Gasteiger partial charge in [-0.2, -0.15) is 0 Å². The van der Waals surface area contributed by atoms with Crippen LogP contribution in [0.25, 0.3) is 6.08 Å². The Balaban J connectivity index is 1.66. The maximum absolute atomic E-state index is 12.2. The maximum Gasteiger partial charge on any atom is 0.331 e. The van der Waals surface area contributed by atoms with Crippen molar-refractivity contribution >= 4 is 40.1 Å². The van der Waals surface area contributed by atoms with Crippen LogP contribution in [0.2, 0.25) is 0 Å². The molecule has 0 aliphatic carbocycles. The molecule has 33 heavy (non-hydrogen) atoms. The summed E-state index contributed by atoms with van der Waals surface area (Å²) in [5, 5.41) is 2.26. The van der Waals surface area contributed by atoms with Crippen LogP contribution in [0.3, 0.4) is 0 Å². The van der Waals surface area contributed by atoms with Crippen molar-refractivity contribution in [1.82, 2.24) is 4.98 Å². The fraction of sp³-hybridized carbons (Fsp3) is 0.208. The molecule has 0 unspecified atom stereocenters. The Morgan fingerprint density at radius 1 is 1.03 bits per heavy atom. The number of esters is 1. The molecule has 1 aromatic heterocycles. The molecule has 0 bridgehead atoms. The SMILES string of the molecule is COc1cc(/C=C/C(=O)OCc2csc(N(C(C)=O)c3ccccc3)n2)cc(OC)c1OC. The lowest BCUT2D eigenvalue weighted by Crippen LogP contribution is -2.22. The molecule has 0 saturated heterocycles. The van der Waals surface area contributed by atoms with E-state index in [4.69, 9.17) is 18.9 Å². The summed E-state index contributed by atoms with van der Waals surface area (Å²) in [6.07, 6.45) is 2.89. The molecule has 1 heterocycles. The van der Waals surface area contributed by atoms with Gasteiger partial charge in [0.15, 0.2) is 16.6 Å². The lowest BCUT2D eigenvalue weighted by molar-refractivity contribution is -0.139. The van der Waals surface area contributed by atoms with E-state index in [9.17, 15) is 9.59 Å². The highest BCUT2D eigenvalue weighted by Crippen LogP contribution is 2.38. The lowest BCUT2D eigenvalue weighted by atomic mass is 10.1. The van der Waals surface area contributed by atoms with Crippen LogP contribution in [0.5, 0.6) is 17.2 Å². The van der Waals surface area contributed by atoms with Crippen LogP contribution in [-0.2, 0) is 20.9 Å². The van der Waals surface area contributed by atoms with Gasteiger partial charge in [-0.25, -0.2) is 9.78 Å². The lowest BCUT2D eigenvalue weighted by Gasteiger charge is -2.17. The van der Waals surface area contributed by atoms with Crippen molar-refractivity contribution in [1.29, 1.82) is 0 Å². The summed E-state index contributed by atoms with van der Waals surface area (Å²) in [7, 11) is 4.56. The number of methoxy groups -OCH3 is 3. The first-order valence-corrected chi connectivity index (χ1v) is 10.8. The molecular formula is C24H24N2O6S. The molecule has 3 aromatic rings. The quantitative estimate of drug-likeness (QED) is 0.335. The van der Waals surface area contributed by atoms with Gasteiger partial charge in [0, 0.05) is 18.4 Å². The van der Waals surface area contributed by atoms with E-state index >= 15 is 0 Å². The highest BCUT2D eigenvalue weighted by atomic mass is 32.1. The number of benzene rings is 2. The van der Waals surface area contributed by atoms with E-state index in [1.54, 1.807) is 23.6 Å². The second kappa shape index (κ2) is 11.1. The number of nitrogens with zero attached hydrogens (tertiary/aromatic N) is 2. The number of para-hydroxylation sites is 1. The van der Waals surface area contributed by atoms with Gasteiger partial charge < -0.3 is 18.9 Å². The first-order valence-electron chi connectivity index (χ1n) is 9.91. The average Bonchev–Trinajstić information content (AvgIpc) is 3.29. The fourth-order valence-electron chi connectivity index (χ4n) is 3.02. The van der Waals surface area contributed by atoms with Crippen LogP contribution in [0.1, 0.15) is 18.2 Å². The van der Waals surface area contributed by atoms with Crippen molar-refractivity contribution < 1.29 is 28.5 Å². The Morgan fingerprint density at radius 3 is 2.27 bits per heavy atom. The van der Waals surface area contributed by atoms with Gasteiger partial charge in [-0.05, 0) is 35.9 Å². The van der Waals surface area contributed by atoms with E-state index in [0.717, 1.165) is 5.69 Å². The topological polar surface area (TPSA) is 87.2 Å². The monoisotopic (exact) mass is 468 g/mol. The summed E-state index contributed by atoms with van der Waals surface area (Å²) in [5.74, 6) is 0.730. The molecular weight excluding hydrogens is 444 g/mol. The molecule has 0 saturated carbocycles. The Hall–Kier alpha value is -3.85. The van der Waals surface area contributed by atoms with Gasteiger partial charge >= 0.3 is 5.97 Å². The van der Waals surface area contributed by atoms with Crippen LogP contribution in [0.4, 0.5) is 10.8 Å². The molecule has 0 atom stereocenters. The number of rotatable bonds is 9. The van der Waals surface area contributed by atoms with Gasteiger partial charge in [0.25, 0.3) is 0 Å². The molecule has 0 radical (unpaired) electrons. The van der Waals surface area contributed by atoms with Gasteiger partial charge in [-0.3, -0.25) is 9.69 Å². The van der Waals surface area contributed by atoms with Gasteiger partial charge in [0.2, 0.25) is 11.7 Å². The number of anilines is 2. The number of thiazole rings is 1. The zero-order valence-corrected chi connectivity index (χ0v) is 19.5. The zero-order chi connectivity index (χ0) is 23.8. The number of amides is 1. The number of ether oxygens (including phenoxy) is 4. The third-order valence-corrected chi connectivity index (χ3v) is 5.40. The standard InChI is InChI=1S/C24H24N2O6S/c1-16(27)26(19-8-6-5-7-9-19)24-25-18(15-33-24)14-32-22(28)11-10-17-12-20(29-2)23(31-4)21(13-17)30-3/h5-13,15H,14H2,1-4H3/b11-10+. The fourth-order valence-corrected chi connectivity index (χ4v) is 3.90. The van der Waals surface area contributed by atoms with E-state index in [0.29, 0.717) is 33.6 Å². The van der Waals surface area contributed by atoms with E-state index in [2.05, 4.69) is 4.98 Å². The molecule has 0 aliphatic heterocycles. The van der Waals surface area contributed by atoms with Crippen LogP contribution in [-0.4, -0.2) is 38.2 Å². The second-order valence-corrected chi connectivity index (χ2v) is 7.55. The number of carbonyl (C=O) groups is 2. The molecule has 2 aromatic carbocycles. The number of carbonyl (C=O) groups excluding carboxylic acids is 2. The van der Waals surface area contributed by atoms with Gasteiger partial charge in [-0.15, -0.1) is 11.3 Å². The number of hydrogen-bond donors (Lipinski definition) is 0. The Bertz CT molecular complexity index is 1120. The minimum absolute atomic E-state index is 0.0184. The molecule has 0 fully saturated rings. The second-order valence-electron chi connectivity index (χ2n) is 6.71. The molecule has 0 N–H and O–H groups in total. The van der Waals surface area contributed by atoms with Crippen molar-refractivity contribution in [2.24, 2.45) is 0 Å². The van der Waals surface area contributed by atoms with Gasteiger partial charge in [-0.1, -0.05) is 18.2 Å². The molecule has 0 aliphatic rings. The molecule has 0 spiro atoms. The first kappa shape index (κ1) is 23.8. The largest absolute Gasteiger partial charge is 0.493 e. The third-order valence-electron chi connectivity index (χ3n) is 4.52. The minimum atomic E-state index is -0.537. The van der Waals surface area contributed by atoms with Crippen LogP contribution < -0.4 is 19.1 Å². The highest BCUT2D eigenvalue weighted by Gasteiger charge is 2.18. The zero-order valence-electron chi connectivity index (χ0n) is 18.7. The number of aromatic nitrogens is 1. The predicted molar refractivity (Wildman–Crippen MR) is 126 cm³/mol. The van der Waals surface area contributed by atoms with Gasteiger partial charge in [0.05, 0.1) is 32.7 Å². The van der Waals surface area contributed by atoms with Crippen molar-refractivity contribution in [3.05, 3.63) is 65.2 Å². The summed E-state index contributed by atoms with van der Waals surface area (Å²) >= 11 is 1.30. The summed E-state index contributed by atoms with van der Waals surface area (Å²) in [5.41, 5.74) is 1.94. The van der Waals surface area contributed by atoms with Crippen molar-refractivity contribution in [2.45, 2.75) is 13.5 Å². The summed E-state index contributed by atoms with van der Waals surface area (Å²) in [6, 6.07) is 12.7. The maximum atomic E-state index is 12.2. The summed E-state index contributed by atoms with van der Waals surface area (Å²) in [6.45, 7) is 1.46. The molecule has 8 nitrogen and oxygen atoms in total. The minimum Gasteiger partial charge on any atom is -0.493 e. The highest BCUT2D eigenvalue weighted by molar-refractivity contribution is 7.14. The summed E-state index contributed by atoms with van der Waals surface area (Å²) in [4.78, 5) is 30.3. The normalized spacial score (nSPS) is 10.7. The van der Waals surface area contributed by atoms with Gasteiger partial charge in [0.1, 0.15) is 6.61 Å². The smallest absolute Gasteiger partial charge is 0.331 e. The predicted octanol–water partition coefficient (Wildman–Crippen LogP) is 4.61. The van der Waals surface area contributed by atoms with Crippen molar-refractivity contribution in [2.75, 3.05) is 26.2 Å². The van der Waals surface area contributed by atoms with E-state index in [-0.39, 0.29) is 12.5 Å². The average molecular weight is 469 g/mol. The molecule has 9 heteroatoms. The molecule has 1 amide bonds. The molecule has 3 rings (SSSR count). The van der Waals surface area contributed by atoms with Crippen LogP contribution in [0.15, 0.2) is 53.9 Å². The van der Waals surface area contributed by atoms with Crippen LogP contribution >= 0.6 is 11.3 Å². The van der Waals surface area contributed by atoms with E-state index in [1.807, 2.05) is 30.3 Å². The Labute approximate surface area is 196 Å². The number of hydrogen-bond acceptors (Lipinski definition) is 8. The van der Waals surface area contributed by atoms with Crippen molar-refractivity contribution in [3.8, 4) is 17.2 Å². The van der Waals surface area contributed by atoms with E-state index in [1.165, 1.54) is 50.6 Å². The Morgan fingerprint density at radius 2 is 1.70 bits per heavy atom.